The highest BCUT2D eigenvalue weighted by Crippen LogP contribution is 2.18. The molecule has 0 bridgehead atoms. The van der Waals surface area contributed by atoms with Crippen molar-refractivity contribution in [2.45, 2.75) is 13.3 Å². The minimum Gasteiger partial charge on any atom is -0.350 e. The number of sulfonamides is 1. The Labute approximate surface area is 147 Å². The van der Waals surface area contributed by atoms with Crippen molar-refractivity contribution in [1.29, 1.82) is 0 Å². The maximum atomic E-state index is 12.9. The van der Waals surface area contributed by atoms with Crippen LogP contribution in [0.5, 0.6) is 0 Å². The van der Waals surface area contributed by atoms with Gasteiger partial charge in [0.15, 0.2) is 0 Å². The first kappa shape index (κ1) is 18.9. The van der Waals surface area contributed by atoms with Gasteiger partial charge in [0, 0.05) is 12.1 Å². The number of halogens is 1. The molecule has 2 aromatic carbocycles. The fourth-order valence-electron chi connectivity index (χ4n) is 2.36. The third-order valence-electron chi connectivity index (χ3n) is 3.74. The Morgan fingerprint density at radius 1 is 1.08 bits per heavy atom. The minimum atomic E-state index is -3.47. The van der Waals surface area contributed by atoms with Gasteiger partial charge >= 0.3 is 0 Å². The van der Waals surface area contributed by atoms with Crippen molar-refractivity contribution in [1.82, 2.24) is 5.32 Å². The Morgan fingerprint density at radius 3 is 2.20 bits per heavy atom. The molecular weight excluding hydrogens is 343 g/mol. The van der Waals surface area contributed by atoms with Crippen LogP contribution in [0.2, 0.25) is 0 Å². The summed E-state index contributed by atoms with van der Waals surface area (Å²) in [6, 6.07) is 12.4. The van der Waals surface area contributed by atoms with Crippen LogP contribution in [0.4, 0.5) is 10.1 Å². The minimum absolute atomic E-state index is 0.108. The molecule has 1 N–H and O–H groups in total. The Kier molecular flexibility index (Phi) is 6.14. The number of benzene rings is 2. The van der Waals surface area contributed by atoms with Crippen LogP contribution in [-0.2, 0) is 16.4 Å². The number of nitrogens with zero attached hydrogens (tertiary/aromatic N) is 1. The fourth-order valence-corrected chi connectivity index (χ4v) is 3.29. The molecule has 0 saturated heterocycles. The molecule has 0 unspecified atom stereocenters. The molecule has 25 heavy (non-hydrogen) atoms. The highest BCUT2D eigenvalue weighted by atomic mass is 32.2. The van der Waals surface area contributed by atoms with Crippen LogP contribution in [0.1, 0.15) is 22.8 Å². The van der Waals surface area contributed by atoms with Crippen molar-refractivity contribution in [2.24, 2.45) is 0 Å². The van der Waals surface area contributed by atoms with Gasteiger partial charge in [-0.25, -0.2) is 12.8 Å². The highest BCUT2D eigenvalue weighted by Gasteiger charge is 2.17. The first-order valence-corrected chi connectivity index (χ1v) is 9.76. The van der Waals surface area contributed by atoms with Gasteiger partial charge in [-0.1, -0.05) is 19.1 Å². The molecule has 5 nitrogen and oxygen atoms in total. The smallest absolute Gasteiger partial charge is 0.251 e. The molecule has 0 heterocycles. The van der Waals surface area contributed by atoms with E-state index in [2.05, 4.69) is 5.32 Å². The normalized spacial score (nSPS) is 11.2. The van der Waals surface area contributed by atoms with Gasteiger partial charge in [-0.2, -0.15) is 0 Å². The fraction of sp³-hybridized carbons (Fsp3) is 0.278. The van der Waals surface area contributed by atoms with Crippen LogP contribution in [0.3, 0.4) is 0 Å². The number of hydrogen-bond donors (Lipinski definition) is 1. The Morgan fingerprint density at radius 2 is 1.68 bits per heavy atom. The van der Waals surface area contributed by atoms with E-state index in [1.54, 1.807) is 12.1 Å². The number of hydrogen-bond acceptors (Lipinski definition) is 3. The quantitative estimate of drug-likeness (QED) is 0.821. The van der Waals surface area contributed by atoms with E-state index in [9.17, 15) is 17.6 Å². The second-order valence-corrected chi connectivity index (χ2v) is 7.52. The summed E-state index contributed by atoms with van der Waals surface area (Å²) in [5.41, 5.74) is 1.98. The van der Waals surface area contributed by atoms with Gasteiger partial charge in [0.05, 0.1) is 18.5 Å². The van der Waals surface area contributed by atoms with E-state index in [-0.39, 0.29) is 19.0 Å². The maximum Gasteiger partial charge on any atom is 0.251 e. The van der Waals surface area contributed by atoms with Gasteiger partial charge in [0.2, 0.25) is 10.0 Å². The largest absolute Gasteiger partial charge is 0.350 e. The van der Waals surface area contributed by atoms with Crippen molar-refractivity contribution in [3.63, 3.8) is 0 Å². The van der Waals surface area contributed by atoms with E-state index in [1.807, 2.05) is 19.1 Å². The lowest BCUT2D eigenvalue weighted by atomic mass is 10.1. The van der Waals surface area contributed by atoms with E-state index >= 15 is 0 Å². The van der Waals surface area contributed by atoms with Crippen molar-refractivity contribution >= 4 is 21.6 Å². The Balaban J connectivity index is 2.03. The molecular formula is C18H21FN2O3S. The van der Waals surface area contributed by atoms with Gasteiger partial charge in [-0.15, -0.1) is 0 Å². The molecule has 2 rings (SSSR count). The van der Waals surface area contributed by atoms with Crippen LogP contribution in [-0.4, -0.2) is 33.7 Å². The summed E-state index contributed by atoms with van der Waals surface area (Å²) in [6.45, 7) is 2.27. The molecule has 0 aliphatic rings. The van der Waals surface area contributed by atoms with E-state index in [1.165, 1.54) is 28.6 Å². The SMILES string of the molecule is CCc1ccc(N(CCNC(=O)c2ccc(F)cc2)S(C)(=O)=O)cc1. The first-order valence-electron chi connectivity index (χ1n) is 7.91. The monoisotopic (exact) mass is 364 g/mol. The average molecular weight is 364 g/mol. The Hall–Kier alpha value is -2.41. The molecule has 7 heteroatoms. The van der Waals surface area contributed by atoms with Gasteiger partial charge < -0.3 is 5.32 Å². The van der Waals surface area contributed by atoms with Gasteiger partial charge in [0.1, 0.15) is 5.82 Å². The highest BCUT2D eigenvalue weighted by molar-refractivity contribution is 7.92. The molecule has 0 fully saturated rings. The topological polar surface area (TPSA) is 66.5 Å². The molecule has 2 aromatic rings. The van der Waals surface area contributed by atoms with E-state index < -0.39 is 15.8 Å². The lowest BCUT2D eigenvalue weighted by molar-refractivity contribution is 0.0955. The van der Waals surface area contributed by atoms with Crippen molar-refractivity contribution < 1.29 is 17.6 Å². The number of carbonyl (C=O) groups excluding carboxylic acids is 1. The van der Waals surface area contributed by atoms with Crippen molar-refractivity contribution in [3.8, 4) is 0 Å². The van der Waals surface area contributed by atoms with E-state index in [0.29, 0.717) is 11.3 Å². The second kappa shape index (κ2) is 8.11. The maximum absolute atomic E-state index is 12.9. The van der Waals surface area contributed by atoms with Gasteiger partial charge in [-0.05, 0) is 48.4 Å². The average Bonchev–Trinajstić information content (AvgIpc) is 2.58. The number of rotatable bonds is 7. The summed E-state index contributed by atoms with van der Waals surface area (Å²) < 4.78 is 38.2. The number of anilines is 1. The van der Waals surface area contributed by atoms with Gasteiger partial charge in [-0.3, -0.25) is 9.10 Å². The number of carbonyl (C=O) groups is 1. The summed E-state index contributed by atoms with van der Waals surface area (Å²) in [4.78, 5) is 12.0. The number of nitrogens with one attached hydrogen (secondary N) is 1. The molecule has 0 saturated carbocycles. The molecule has 134 valence electrons. The van der Waals surface area contributed by atoms with Crippen LogP contribution in [0.15, 0.2) is 48.5 Å². The Bertz CT molecular complexity index is 818. The predicted molar refractivity (Wildman–Crippen MR) is 96.7 cm³/mol. The van der Waals surface area contributed by atoms with Crippen LogP contribution < -0.4 is 9.62 Å². The zero-order valence-corrected chi connectivity index (χ0v) is 15.0. The van der Waals surface area contributed by atoms with Crippen molar-refractivity contribution in [3.05, 3.63) is 65.5 Å². The van der Waals surface area contributed by atoms with Crippen LogP contribution in [0, 0.1) is 5.82 Å². The lowest BCUT2D eigenvalue weighted by Gasteiger charge is -2.22. The zero-order valence-electron chi connectivity index (χ0n) is 14.2. The van der Waals surface area contributed by atoms with Crippen molar-refractivity contribution in [2.75, 3.05) is 23.7 Å². The molecule has 0 aromatic heterocycles. The molecule has 1 amide bonds. The van der Waals surface area contributed by atoms with E-state index in [0.717, 1.165) is 18.2 Å². The second-order valence-electron chi connectivity index (χ2n) is 5.62. The molecule has 0 aliphatic carbocycles. The summed E-state index contributed by atoms with van der Waals surface area (Å²) in [7, 11) is -3.47. The third kappa shape index (κ3) is 5.29. The van der Waals surface area contributed by atoms with Gasteiger partial charge in [0.25, 0.3) is 5.91 Å². The van der Waals surface area contributed by atoms with Crippen LogP contribution in [0.25, 0.3) is 0 Å². The molecule has 0 radical (unpaired) electrons. The number of amides is 1. The summed E-state index contributed by atoms with van der Waals surface area (Å²) in [6.07, 6.45) is 2.00. The zero-order chi connectivity index (χ0) is 18.4. The summed E-state index contributed by atoms with van der Waals surface area (Å²) in [5.74, 6) is -0.801. The molecule has 0 atom stereocenters. The third-order valence-corrected chi connectivity index (χ3v) is 4.93. The summed E-state index contributed by atoms with van der Waals surface area (Å²) >= 11 is 0. The molecule has 0 spiro atoms. The molecule has 0 aliphatic heterocycles. The van der Waals surface area contributed by atoms with E-state index in [4.69, 9.17) is 0 Å². The summed E-state index contributed by atoms with van der Waals surface area (Å²) in [5, 5.41) is 2.65. The standard InChI is InChI=1S/C18H21FN2O3S/c1-3-14-4-10-17(11-5-14)21(25(2,23)24)13-12-20-18(22)15-6-8-16(19)9-7-15/h4-11H,3,12-13H2,1-2H3,(H,20,22). The number of aryl methyl sites for hydroxylation is 1. The lowest BCUT2D eigenvalue weighted by Crippen LogP contribution is -2.38. The predicted octanol–water partition coefficient (Wildman–Crippen LogP) is 2.58. The first-order chi connectivity index (χ1) is 11.8. The van der Waals surface area contributed by atoms with Crippen LogP contribution >= 0.6 is 0 Å².